The van der Waals surface area contributed by atoms with E-state index < -0.39 is 5.69 Å². The second kappa shape index (κ2) is 8.97. The van der Waals surface area contributed by atoms with E-state index in [1.807, 2.05) is 24.3 Å². The Balaban J connectivity index is 1.70. The Morgan fingerprint density at radius 1 is 1.12 bits per heavy atom. The van der Waals surface area contributed by atoms with Crippen molar-refractivity contribution < 1.29 is 4.74 Å². The summed E-state index contributed by atoms with van der Waals surface area (Å²) in [6.45, 7) is 1.74. The van der Waals surface area contributed by atoms with E-state index in [9.17, 15) is 14.9 Å². The summed E-state index contributed by atoms with van der Waals surface area (Å²) in [4.78, 5) is 27.3. The molecule has 6 nitrogen and oxygen atoms in total. The summed E-state index contributed by atoms with van der Waals surface area (Å²) in [5.74, 6) is 6.99. The highest BCUT2D eigenvalue weighted by molar-refractivity contribution is 7.18. The number of nitriles is 1. The van der Waals surface area contributed by atoms with Crippen molar-refractivity contribution in [2.24, 2.45) is 0 Å². The van der Waals surface area contributed by atoms with E-state index in [4.69, 9.17) is 4.74 Å². The van der Waals surface area contributed by atoms with Gasteiger partial charge in [0.25, 0.3) is 5.56 Å². The van der Waals surface area contributed by atoms with Crippen LogP contribution in [0.4, 0.5) is 0 Å². The van der Waals surface area contributed by atoms with Crippen LogP contribution in [0.15, 0.2) is 64.3 Å². The highest BCUT2D eigenvalue weighted by Gasteiger charge is 2.15. The Labute approximate surface area is 188 Å². The summed E-state index contributed by atoms with van der Waals surface area (Å²) >= 11 is 1.32. The number of aromatic nitrogens is 2. The number of benzene rings is 2. The molecule has 0 amide bonds. The van der Waals surface area contributed by atoms with E-state index >= 15 is 0 Å². The molecular formula is C25H19N3O3S. The maximum Gasteiger partial charge on any atom is 0.336 e. The van der Waals surface area contributed by atoms with Gasteiger partial charge in [0.2, 0.25) is 0 Å². The van der Waals surface area contributed by atoms with Gasteiger partial charge in [0.1, 0.15) is 10.6 Å². The Hall–Kier alpha value is -4.07. The monoisotopic (exact) mass is 441 g/mol. The fraction of sp³-hybridized carbons (Fsp3) is 0.160. The molecule has 158 valence electrons. The summed E-state index contributed by atoms with van der Waals surface area (Å²) in [5.41, 5.74) is 1.77. The fourth-order valence-electron chi connectivity index (χ4n) is 3.42. The van der Waals surface area contributed by atoms with Crippen molar-refractivity contribution in [3.05, 3.63) is 103 Å². The Kier molecular flexibility index (Phi) is 5.93. The molecule has 0 atom stereocenters. The molecule has 0 aliphatic rings. The number of rotatable bonds is 4. The molecule has 0 saturated carbocycles. The average Bonchev–Trinajstić information content (AvgIpc) is 3.25. The smallest absolute Gasteiger partial charge is 0.336 e. The first-order chi connectivity index (χ1) is 15.5. The minimum atomic E-state index is -0.444. The molecule has 32 heavy (non-hydrogen) atoms. The van der Waals surface area contributed by atoms with Gasteiger partial charge < -0.3 is 4.74 Å². The summed E-state index contributed by atoms with van der Waals surface area (Å²) < 4.78 is 7.86. The van der Waals surface area contributed by atoms with E-state index in [0.717, 1.165) is 11.3 Å². The molecule has 2 aromatic carbocycles. The zero-order chi connectivity index (χ0) is 22.7. The molecule has 0 radical (unpaired) electrons. The third-order valence-corrected chi connectivity index (χ3v) is 6.22. The second-order valence-corrected chi connectivity index (χ2v) is 8.20. The number of ether oxygens (including phenoxy) is 1. The van der Waals surface area contributed by atoms with Gasteiger partial charge in [-0.1, -0.05) is 42.2 Å². The molecule has 0 spiro atoms. The van der Waals surface area contributed by atoms with Gasteiger partial charge in [0, 0.05) is 18.2 Å². The van der Waals surface area contributed by atoms with E-state index in [-0.39, 0.29) is 12.1 Å². The van der Waals surface area contributed by atoms with Crippen LogP contribution in [0.25, 0.3) is 4.83 Å². The van der Waals surface area contributed by atoms with Gasteiger partial charge in [-0.2, -0.15) is 5.26 Å². The minimum absolute atomic E-state index is 0.0396. The first-order valence-corrected chi connectivity index (χ1v) is 10.7. The highest BCUT2D eigenvalue weighted by Crippen LogP contribution is 2.18. The van der Waals surface area contributed by atoms with Crippen LogP contribution in [0.2, 0.25) is 0 Å². The van der Waals surface area contributed by atoms with Crippen molar-refractivity contribution in [1.82, 2.24) is 8.97 Å². The Morgan fingerprint density at radius 3 is 2.72 bits per heavy atom. The van der Waals surface area contributed by atoms with Gasteiger partial charge in [0.15, 0.2) is 0 Å². The number of nitrogens with zero attached hydrogens (tertiary/aromatic N) is 3. The van der Waals surface area contributed by atoms with Crippen molar-refractivity contribution in [3.63, 3.8) is 0 Å². The van der Waals surface area contributed by atoms with E-state index in [2.05, 4.69) is 17.9 Å². The van der Waals surface area contributed by atoms with Crippen LogP contribution in [-0.2, 0) is 13.0 Å². The molecule has 0 unspecified atom stereocenters. The number of hydrogen-bond acceptors (Lipinski definition) is 5. The van der Waals surface area contributed by atoms with Crippen LogP contribution in [0.5, 0.6) is 5.75 Å². The normalized spacial score (nSPS) is 10.4. The lowest BCUT2D eigenvalue weighted by molar-refractivity contribution is 0.414. The first kappa shape index (κ1) is 21.2. The SMILES string of the molecule is COc1cccc(CC#Cc2cn3c(=O)n(Cc4ccccc4C#N)c(=O)c(C)c3s2)c1. The van der Waals surface area contributed by atoms with E-state index in [1.54, 1.807) is 44.5 Å². The van der Waals surface area contributed by atoms with Gasteiger partial charge in [-0.05, 0) is 36.2 Å². The van der Waals surface area contributed by atoms with Crippen molar-refractivity contribution in [2.45, 2.75) is 19.9 Å². The molecule has 0 bridgehead atoms. The molecular weight excluding hydrogens is 422 g/mol. The van der Waals surface area contributed by atoms with Gasteiger partial charge in [0.05, 0.1) is 30.2 Å². The lowest BCUT2D eigenvalue weighted by atomic mass is 10.1. The summed E-state index contributed by atoms with van der Waals surface area (Å²) in [6, 6.07) is 16.8. The zero-order valence-corrected chi connectivity index (χ0v) is 18.4. The number of aryl methyl sites for hydroxylation is 1. The molecule has 0 aliphatic carbocycles. The fourth-order valence-corrected chi connectivity index (χ4v) is 4.38. The summed E-state index contributed by atoms with van der Waals surface area (Å²) in [5, 5.41) is 9.32. The van der Waals surface area contributed by atoms with Crippen molar-refractivity contribution >= 4 is 16.2 Å². The molecule has 0 fully saturated rings. The van der Waals surface area contributed by atoms with Crippen LogP contribution >= 0.6 is 11.3 Å². The molecule has 0 aliphatic heterocycles. The van der Waals surface area contributed by atoms with E-state index in [0.29, 0.717) is 32.8 Å². The van der Waals surface area contributed by atoms with Crippen LogP contribution in [-0.4, -0.2) is 16.1 Å². The minimum Gasteiger partial charge on any atom is -0.497 e. The summed E-state index contributed by atoms with van der Waals surface area (Å²) in [6.07, 6.45) is 2.21. The number of methoxy groups -OCH3 is 1. The second-order valence-electron chi connectivity index (χ2n) is 7.17. The third-order valence-electron chi connectivity index (χ3n) is 5.10. The summed E-state index contributed by atoms with van der Waals surface area (Å²) in [7, 11) is 1.62. The predicted molar refractivity (Wildman–Crippen MR) is 124 cm³/mol. The highest BCUT2D eigenvalue weighted by atomic mass is 32.1. The van der Waals surface area contributed by atoms with Crippen LogP contribution < -0.4 is 16.0 Å². The van der Waals surface area contributed by atoms with Crippen molar-refractivity contribution in [3.8, 4) is 23.7 Å². The predicted octanol–water partition coefficient (Wildman–Crippen LogP) is 3.35. The molecule has 2 aromatic heterocycles. The standard InChI is InChI=1S/C25H19N3O3S/c1-17-23(29)27(15-20-10-4-3-9-19(20)14-26)25(30)28-16-22(32-24(17)28)12-6-8-18-7-5-11-21(13-18)31-2/h3-5,7,9-11,13,16H,8,15H2,1-2H3. The molecule has 0 N–H and O–H groups in total. The van der Waals surface area contributed by atoms with Gasteiger partial charge >= 0.3 is 5.69 Å². The van der Waals surface area contributed by atoms with E-state index in [1.165, 1.54) is 20.3 Å². The molecule has 4 aromatic rings. The van der Waals surface area contributed by atoms with Gasteiger partial charge in [-0.15, -0.1) is 11.3 Å². The Bertz CT molecular complexity index is 1540. The maximum absolute atomic E-state index is 13.1. The van der Waals surface area contributed by atoms with Crippen LogP contribution in [0.3, 0.4) is 0 Å². The van der Waals surface area contributed by atoms with Crippen molar-refractivity contribution in [1.29, 1.82) is 5.26 Å². The van der Waals surface area contributed by atoms with Gasteiger partial charge in [-0.3, -0.25) is 13.8 Å². The molecule has 0 saturated heterocycles. The van der Waals surface area contributed by atoms with Crippen molar-refractivity contribution in [2.75, 3.05) is 7.11 Å². The maximum atomic E-state index is 13.1. The third kappa shape index (κ3) is 4.07. The lowest BCUT2D eigenvalue weighted by Gasteiger charge is -2.08. The topological polar surface area (TPSA) is 76.5 Å². The molecule has 4 rings (SSSR count). The number of thiazole rings is 1. The van der Waals surface area contributed by atoms with Crippen LogP contribution in [0.1, 0.15) is 27.1 Å². The quantitative estimate of drug-likeness (QED) is 0.455. The largest absolute Gasteiger partial charge is 0.497 e. The van der Waals surface area contributed by atoms with Gasteiger partial charge in [-0.25, -0.2) is 4.79 Å². The number of fused-ring (bicyclic) bond motifs is 1. The molecule has 2 heterocycles. The van der Waals surface area contributed by atoms with Crippen LogP contribution in [0, 0.1) is 30.1 Å². The first-order valence-electron chi connectivity index (χ1n) is 9.87. The lowest BCUT2D eigenvalue weighted by Crippen LogP contribution is -2.38. The molecule has 7 heteroatoms. The average molecular weight is 442 g/mol. The number of hydrogen-bond donors (Lipinski definition) is 0. The zero-order valence-electron chi connectivity index (χ0n) is 17.6. The Morgan fingerprint density at radius 2 is 1.94 bits per heavy atom.